The molecule has 12 aromatic rings. The van der Waals surface area contributed by atoms with Crippen molar-refractivity contribution in [3.63, 3.8) is 0 Å². The van der Waals surface area contributed by atoms with Crippen molar-refractivity contribution in [2.75, 3.05) is 0 Å². The smallest absolute Gasteiger partial charge is 0.261 e. The van der Waals surface area contributed by atoms with E-state index in [0.717, 1.165) is 112 Å². The van der Waals surface area contributed by atoms with Crippen LogP contribution in [-0.2, 0) is 11.6 Å². The zero-order valence-electron chi connectivity index (χ0n) is 43.3. The van der Waals surface area contributed by atoms with Gasteiger partial charge in [0.2, 0.25) is 0 Å². The van der Waals surface area contributed by atoms with Gasteiger partial charge in [0.05, 0.1) is 45.6 Å². The zero-order chi connectivity index (χ0) is 53.0. The standard InChI is InChI=1S/C72H48N8/c1-9-27-49(28-10-1)61-62(50-29-11-2-12-30-50)76-71(75-61)59-45-25-43-57(47-59)70-74-66(54-37-19-6-20-38-54)68(56-41-23-8-24-42-56)80(70)72(77-63(51-31-13-3-14-32-51)64(78-72)52-33-15-4-16-34-52)60-46-26-44-58(48-60)69-73-65(53-35-17-5-18-36-53)67(79(69)71)55-39-21-7-22-40-55/h1-48H. The molecule has 8 nitrogen and oxygen atoms in total. The number of aliphatic imine (C=N–C) groups is 4. The Balaban J connectivity index is 1.15. The number of rotatable bonds is 8. The third-order valence-corrected chi connectivity index (χ3v) is 15.3. The van der Waals surface area contributed by atoms with Gasteiger partial charge in [-0.1, -0.05) is 279 Å². The van der Waals surface area contributed by atoms with Crippen LogP contribution >= 0.6 is 0 Å². The van der Waals surface area contributed by atoms with Crippen LogP contribution in [0, 0.1) is 0 Å². The van der Waals surface area contributed by atoms with E-state index >= 15 is 0 Å². The second-order valence-corrected chi connectivity index (χ2v) is 20.1. The van der Waals surface area contributed by atoms with E-state index in [1.54, 1.807) is 0 Å². The number of imidazole rings is 2. The molecule has 10 aromatic carbocycles. The first-order valence-corrected chi connectivity index (χ1v) is 27.0. The Morgan fingerprint density at radius 3 is 0.738 bits per heavy atom. The van der Waals surface area contributed by atoms with E-state index in [2.05, 4.69) is 264 Å². The molecule has 2 spiro atoms. The average molecular weight is 1030 g/mol. The number of benzene rings is 10. The highest BCUT2D eigenvalue weighted by molar-refractivity contribution is 6.55. The maximum Gasteiger partial charge on any atom is 0.261 e. The van der Waals surface area contributed by atoms with Crippen molar-refractivity contribution in [3.8, 4) is 67.8 Å². The summed E-state index contributed by atoms with van der Waals surface area (Å²) < 4.78 is 4.58. The Morgan fingerprint density at radius 1 is 0.225 bits per heavy atom. The van der Waals surface area contributed by atoms with E-state index in [1.165, 1.54) is 0 Å². The van der Waals surface area contributed by atoms with Crippen molar-refractivity contribution in [2.45, 2.75) is 11.6 Å². The van der Waals surface area contributed by atoms with Crippen molar-refractivity contribution >= 4 is 22.8 Å². The van der Waals surface area contributed by atoms with E-state index in [0.29, 0.717) is 11.6 Å². The molecule has 0 aliphatic carbocycles. The monoisotopic (exact) mass is 1020 g/mol. The SMILES string of the molecule is c1ccc(C2=NC3(N=C2c2ccccc2)c2cccc(c2)-c2nc(-c4ccccc4)c(-c4ccccc4)n2C2(N=C(c4ccccc4)C(c4ccccc4)=N2)c2cccc(c2)-c2nc(-c4ccccc4)c(-c4ccccc4)n23)cc1. The van der Waals surface area contributed by atoms with Gasteiger partial charge in [-0.15, -0.1) is 0 Å². The fourth-order valence-electron chi connectivity index (χ4n) is 11.7. The summed E-state index contributed by atoms with van der Waals surface area (Å²) in [4.78, 5) is 36.1. The maximum absolute atomic E-state index is 6.08. The molecule has 2 aromatic heterocycles. The molecule has 0 saturated heterocycles. The minimum Gasteiger partial charge on any atom is -0.275 e. The fourth-order valence-corrected chi connectivity index (χ4v) is 11.7. The van der Waals surface area contributed by atoms with Gasteiger partial charge in [0.15, 0.2) is 0 Å². The number of fused-ring (bicyclic) bond motifs is 12. The lowest BCUT2D eigenvalue weighted by atomic mass is 9.98. The van der Waals surface area contributed by atoms with Gasteiger partial charge in [-0.05, 0) is 12.1 Å². The van der Waals surface area contributed by atoms with Gasteiger partial charge in [0.25, 0.3) is 11.6 Å². The van der Waals surface area contributed by atoms with Crippen LogP contribution in [0.5, 0.6) is 0 Å². The average Bonchev–Trinajstić information content (AvgIpc) is 4.54. The summed E-state index contributed by atoms with van der Waals surface area (Å²) >= 11 is 0. The lowest BCUT2D eigenvalue weighted by Gasteiger charge is -2.33. The predicted octanol–water partition coefficient (Wildman–Crippen LogP) is 15.7. The molecule has 0 unspecified atom stereocenters. The molecule has 0 amide bonds. The molecule has 8 heteroatoms. The Labute approximate surface area is 463 Å². The number of hydrogen-bond donors (Lipinski definition) is 0. The van der Waals surface area contributed by atoms with Crippen LogP contribution in [-0.4, -0.2) is 41.9 Å². The molecule has 0 fully saturated rings. The molecule has 0 atom stereocenters. The summed E-state index contributed by atoms with van der Waals surface area (Å²) in [6, 6.07) is 101. The number of aromatic nitrogens is 4. The number of hydrogen-bond acceptors (Lipinski definition) is 6. The summed E-state index contributed by atoms with van der Waals surface area (Å²) in [7, 11) is 0. The minimum atomic E-state index is -1.49. The highest BCUT2D eigenvalue weighted by atomic mass is 15.4. The maximum atomic E-state index is 6.08. The fraction of sp³-hybridized carbons (Fsp3) is 0.0278. The van der Waals surface area contributed by atoms with E-state index < -0.39 is 11.6 Å². The lowest BCUT2D eigenvalue weighted by molar-refractivity contribution is 0.403. The van der Waals surface area contributed by atoms with Crippen molar-refractivity contribution in [2.24, 2.45) is 20.0 Å². The van der Waals surface area contributed by atoms with Gasteiger partial charge in [0.1, 0.15) is 11.6 Å². The summed E-state index contributed by atoms with van der Waals surface area (Å²) in [5.74, 6) is -1.66. The molecule has 0 N–H and O–H groups in total. The first-order valence-electron chi connectivity index (χ1n) is 27.0. The molecule has 0 radical (unpaired) electrons. The topological polar surface area (TPSA) is 85.1 Å². The molecule has 5 heterocycles. The van der Waals surface area contributed by atoms with Crippen molar-refractivity contribution in [1.29, 1.82) is 0 Å². The van der Waals surface area contributed by atoms with Gasteiger partial charge >= 0.3 is 0 Å². The van der Waals surface area contributed by atoms with E-state index in [-0.39, 0.29) is 0 Å². The van der Waals surface area contributed by atoms with Crippen LogP contribution in [0.15, 0.2) is 311 Å². The molecule has 15 rings (SSSR count). The van der Waals surface area contributed by atoms with Crippen LogP contribution < -0.4 is 0 Å². The van der Waals surface area contributed by atoms with Gasteiger partial charge < -0.3 is 0 Å². The van der Waals surface area contributed by atoms with Gasteiger partial charge in [-0.25, -0.2) is 29.9 Å². The van der Waals surface area contributed by atoms with Crippen molar-refractivity contribution < 1.29 is 0 Å². The summed E-state index contributed by atoms with van der Waals surface area (Å²) in [5.41, 5.74) is 17.2. The van der Waals surface area contributed by atoms with Crippen LogP contribution in [0.1, 0.15) is 33.4 Å². The van der Waals surface area contributed by atoms with E-state index in [4.69, 9.17) is 29.9 Å². The minimum absolute atomic E-state index is 0.663. The molecular weight excluding hydrogens is 977 g/mol. The normalized spacial score (nSPS) is 14.5. The molecule has 376 valence electrons. The Kier molecular flexibility index (Phi) is 11.1. The Hall–Kier alpha value is -10.7. The van der Waals surface area contributed by atoms with E-state index in [9.17, 15) is 0 Å². The summed E-state index contributed by atoms with van der Waals surface area (Å²) in [6.07, 6.45) is 0. The highest BCUT2D eigenvalue weighted by Gasteiger charge is 2.49. The Morgan fingerprint density at radius 2 is 0.463 bits per heavy atom. The molecule has 3 aliphatic heterocycles. The van der Waals surface area contributed by atoms with Crippen LogP contribution in [0.2, 0.25) is 0 Å². The number of nitrogens with zero attached hydrogens (tertiary/aromatic N) is 8. The second-order valence-electron chi connectivity index (χ2n) is 20.1. The van der Waals surface area contributed by atoms with Gasteiger partial charge in [-0.2, -0.15) is 0 Å². The van der Waals surface area contributed by atoms with Crippen LogP contribution in [0.4, 0.5) is 0 Å². The highest BCUT2D eigenvalue weighted by Crippen LogP contribution is 2.51. The quantitative estimate of drug-likeness (QED) is 0.152. The summed E-state index contributed by atoms with van der Waals surface area (Å²) in [5, 5.41) is 0. The third kappa shape index (κ3) is 7.60. The molecule has 0 saturated carbocycles. The molecule has 80 heavy (non-hydrogen) atoms. The Bertz CT molecular complexity index is 4020. The predicted molar refractivity (Wildman–Crippen MR) is 323 cm³/mol. The van der Waals surface area contributed by atoms with Crippen molar-refractivity contribution in [3.05, 3.63) is 325 Å². The van der Waals surface area contributed by atoms with Gasteiger partial charge in [-0.3, -0.25) is 9.13 Å². The molecule has 4 bridgehead atoms. The van der Waals surface area contributed by atoms with Gasteiger partial charge in [0, 0.05) is 66.8 Å². The lowest BCUT2D eigenvalue weighted by Crippen LogP contribution is -2.33. The first-order chi connectivity index (χ1) is 39.6. The van der Waals surface area contributed by atoms with Crippen LogP contribution in [0.25, 0.3) is 67.8 Å². The molecule has 3 aliphatic rings. The second kappa shape index (κ2) is 19.1. The third-order valence-electron chi connectivity index (χ3n) is 15.3. The largest absolute Gasteiger partial charge is 0.275 e. The first kappa shape index (κ1) is 46.6. The zero-order valence-corrected chi connectivity index (χ0v) is 43.3. The summed E-state index contributed by atoms with van der Waals surface area (Å²) in [6.45, 7) is 0. The van der Waals surface area contributed by atoms with Crippen molar-refractivity contribution in [1.82, 2.24) is 19.1 Å². The van der Waals surface area contributed by atoms with Crippen LogP contribution in [0.3, 0.4) is 0 Å². The van der Waals surface area contributed by atoms with E-state index in [1.807, 2.05) is 36.4 Å². The molecular formula is C72H48N8.